The van der Waals surface area contributed by atoms with Crippen molar-refractivity contribution >= 4 is 25.5 Å². The first kappa shape index (κ1) is 30.6. The minimum absolute atomic E-state index is 0.0778. The number of ether oxygens (including phenoxy) is 3. The van der Waals surface area contributed by atoms with Gasteiger partial charge in [0, 0.05) is 25.7 Å². The number of hydrogen-bond donors (Lipinski definition) is 5. The van der Waals surface area contributed by atoms with Crippen LogP contribution in [0.1, 0.15) is 39.3 Å². The Balaban J connectivity index is 0.000000367. The third-order valence-electron chi connectivity index (χ3n) is 4.41. The maximum Gasteiger partial charge on any atom is 0.400 e. The number of aliphatic hydroxyl groups excluding tert-OH is 1. The molecule has 15 nitrogen and oxygen atoms in total. The molecule has 7 N–H and O–H groups in total. The quantitative estimate of drug-likeness (QED) is 0.126. The third kappa shape index (κ3) is 12.8. The predicted octanol–water partition coefficient (Wildman–Crippen LogP) is -0.968. The van der Waals surface area contributed by atoms with E-state index < -0.39 is 31.9 Å². The molecule has 200 valence electrons. The Morgan fingerprint density at radius 1 is 1.26 bits per heavy atom. The van der Waals surface area contributed by atoms with Gasteiger partial charge in [0.25, 0.3) is 0 Å². The van der Waals surface area contributed by atoms with Crippen molar-refractivity contribution in [1.29, 1.82) is 0 Å². The van der Waals surface area contributed by atoms with Gasteiger partial charge in [0.2, 0.25) is 0 Å². The van der Waals surface area contributed by atoms with Crippen molar-refractivity contribution in [2.75, 3.05) is 38.6 Å². The molecule has 0 spiro atoms. The largest absolute Gasteiger partial charge is 0.466 e. The lowest BCUT2D eigenvalue weighted by atomic mass is 10.2. The Labute approximate surface area is 202 Å². The lowest BCUT2D eigenvalue weighted by molar-refractivity contribution is -0.143. The molecule has 16 heteroatoms. The van der Waals surface area contributed by atoms with E-state index in [1.807, 2.05) is 0 Å². The van der Waals surface area contributed by atoms with Gasteiger partial charge in [0.1, 0.15) is 18.1 Å². The molecule has 0 saturated carbocycles. The number of carbonyl (C=O) groups is 2. The first-order valence-corrected chi connectivity index (χ1v) is 12.6. The number of nitrogens with one attached hydrogen (secondary N) is 1. The summed E-state index contributed by atoms with van der Waals surface area (Å²) in [6.45, 7) is 5.04. The van der Waals surface area contributed by atoms with Crippen molar-refractivity contribution < 1.29 is 42.9 Å². The highest BCUT2D eigenvalue weighted by Crippen LogP contribution is 2.34. The third-order valence-corrected chi connectivity index (χ3v) is 4.93. The van der Waals surface area contributed by atoms with Gasteiger partial charge < -0.3 is 35.3 Å². The average molecular weight is 523 g/mol. The van der Waals surface area contributed by atoms with Gasteiger partial charge in [0.15, 0.2) is 0 Å². The summed E-state index contributed by atoms with van der Waals surface area (Å²) in [5.74, 6) is -0.365. The molecule has 1 saturated heterocycles. The van der Waals surface area contributed by atoms with E-state index in [2.05, 4.69) is 14.8 Å². The van der Waals surface area contributed by atoms with Crippen LogP contribution in [0.5, 0.6) is 0 Å². The van der Waals surface area contributed by atoms with Gasteiger partial charge in [0.05, 0.1) is 38.8 Å². The van der Waals surface area contributed by atoms with E-state index in [0.29, 0.717) is 39.1 Å². The number of anilines is 1. The SMILES string of the molecule is CCOC(=O)CCNCCC(=O)OCC.Nc1ccn([C@H]2C[C@H](O)[C@@H](COP(N)(=O)O)O2)c(=O)n1. The molecule has 1 aromatic rings. The van der Waals surface area contributed by atoms with Crippen LogP contribution in [0.25, 0.3) is 0 Å². The Kier molecular flexibility index (Phi) is 13.6. The Morgan fingerprint density at radius 2 is 1.83 bits per heavy atom. The molecule has 35 heavy (non-hydrogen) atoms. The number of hydrogen-bond acceptors (Lipinski definition) is 12. The summed E-state index contributed by atoms with van der Waals surface area (Å²) in [5.41, 5.74) is 9.57. The molecule has 0 radical (unpaired) electrons. The van der Waals surface area contributed by atoms with Crippen LogP contribution in [0.3, 0.4) is 0 Å². The summed E-state index contributed by atoms with van der Waals surface area (Å²) in [6, 6.07) is 1.42. The second-order valence-corrected chi connectivity index (χ2v) is 8.58. The Morgan fingerprint density at radius 3 is 2.31 bits per heavy atom. The number of nitrogens with zero attached hydrogens (tertiary/aromatic N) is 2. The summed E-state index contributed by atoms with van der Waals surface area (Å²) in [5, 5.41) is 12.7. The maximum absolute atomic E-state index is 11.6. The highest BCUT2D eigenvalue weighted by atomic mass is 31.2. The molecule has 0 aliphatic carbocycles. The number of nitrogen functional groups attached to an aromatic ring is 1. The summed E-state index contributed by atoms with van der Waals surface area (Å²) in [4.78, 5) is 45.8. The summed E-state index contributed by atoms with van der Waals surface area (Å²) >= 11 is 0. The van der Waals surface area contributed by atoms with Crippen LogP contribution in [0.15, 0.2) is 17.1 Å². The molecule has 0 bridgehead atoms. The second kappa shape index (κ2) is 15.6. The highest BCUT2D eigenvalue weighted by Gasteiger charge is 2.36. The normalized spacial score (nSPS) is 20.9. The molecule has 1 fully saturated rings. The van der Waals surface area contributed by atoms with Crippen molar-refractivity contribution in [2.45, 2.75) is 51.5 Å². The van der Waals surface area contributed by atoms with E-state index in [4.69, 9.17) is 30.3 Å². The van der Waals surface area contributed by atoms with Gasteiger partial charge in [-0.1, -0.05) is 0 Å². The smallest absolute Gasteiger partial charge is 0.400 e. The van der Waals surface area contributed by atoms with Crippen molar-refractivity contribution in [1.82, 2.24) is 14.9 Å². The molecule has 4 atom stereocenters. The molecule has 0 aromatic carbocycles. The number of aromatic nitrogens is 2. The standard InChI is InChI=1S/C10H19NO4.C9H15N4O6P/c1-3-14-9(12)5-7-11-8-6-10(13)15-4-2;10-7-1-2-13(9(15)12-7)8-3-5(14)6(19-8)4-18-20(11,16)17/h11H,3-8H2,1-2H3;1-2,5-6,8,14H,3-4H2,(H2,10,12,15)(H3,11,16,17)/t;5-,6+,8+/m.0/s1. The van der Waals surface area contributed by atoms with Crippen molar-refractivity contribution in [3.05, 3.63) is 22.7 Å². The predicted molar refractivity (Wildman–Crippen MR) is 123 cm³/mol. The van der Waals surface area contributed by atoms with Crippen molar-refractivity contribution in [2.24, 2.45) is 5.50 Å². The van der Waals surface area contributed by atoms with Gasteiger partial charge in [-0.15, -0.1) is 0 Å². The lowest BCUT2D eigenvalue weighted by Gasteiger charge is -2.16. The van der Waals surface area contributed by atoms with Crippen LogP contribution >= 0.6 is 7.75 Å². The highest BCUT2D eigenvalue weighted by molar-refractivity contribution is 7.50. The monoisotopic (exact) mass is 523 g/mol. The fraction of sp³-hybridized carbons (Fsp3) is 0.684. The molecule has 1 aliphatic rings. The average Bonchev–Trinajstić information content (AvgIpc) is 3.12. The van der Waals surface area contributed by atoms with Crippen LogP contribution in [0.2, 0.25) is 0 Å². The lowest BCUT2D eigenvalue weighted by Crippen LogP contribution is -2.28. The van der Waals surface area contributed by atoms with Crippen molar-refractivity contribution in [3.63, 3.8) is 0 Å². The zero-order valence-corrected chi connectivity index (χ0v) is 20.6. The van der Waals surface area contributed by atoms with Crippen LogP contribution in [-0.4, -0.2) is 76.6 Å². The zero-order valence-electron chi connectivity index (χ0n) is 19.7. The molecule has 0 amide bonds. The van der Waals surface area contributed by atoms with E-state index in [-0.39, 0.29) is 30.8 Å². The second-order valence-electron chi connectivity index (χ2n) is 7.19. The summed E-state index contributed by atoms with van der Waals surface area (Å²) in [6.07, 6.45) is -0.419. The maximum atomic E-state index is 11.6. The van der Waals surface area contributed by atoms with Crippen LogP contribution in [-0.2, 0) is 32.9 Å². The van der Waals surface area contributed by atoms with E-state index in [1.54, 1.807) is 13.8 Å². The molecular weight excluding hydrogens is 489 g/mol. The number of rotatable bonds is 12. The summed E-state index contributed by atoms with van der Waals surface area (Å²) < 4.78 is 31.4. The van der Waals surface area contributed by atoms with Gasteiger partial charge >= 0.3 is 25.4 Å². The van der Waals surface area contributed by atoms with Gasteiger partial charge in [-0.25, -0.2) is 14.9 Å². The molecule has 1 aromatic heterocycles. The first-order valence-electron chi connectivity index (χ1n) is 10.9. The molecule has 1 aliphatic heterocycles. The van der Waals surface area contributed by atoms with E-state index >= 15 is 0 Å². The van der Waals surface area contributed by atoms with Crippen LogP contribution in [0, 0.1) is 0 Å². The van der Waals surface area contributed by atoms with E-state index in [9.17, 15) is 24.1 Å². The van der Waals surface area contributed by atoms with Gasteiger partial charge in [-0.05, 0) is 19.9 Å². The van der Waals surface area contributed by atoms with Gasteiger partial charge in [-0.2, -0.15) is 4.98 Å². The molecular formula is C19H34N5O10P. The fourth-order valence-electron chi connectivity index (χ4n) is 2.83. The van der Waals surface area contributed by atoms with Crippen LogP contribution < -0.4 is 22.2 Å². The minimum atomic E-state index is -4.14. The number of nitrogens with two attached hydrogens (primary N) is 2. The Hall–Kier alpha value is -2.39. The van der Waals surface area contributed by atoms with E-state index in [1.165, 1.54) is 16.8 Å². The number of aliphatic hydroxyl groups is 1. The van der Waals surface area contributed by atoms with E-state index in [0.717, 1.165) is 0 Å². The molecule has 2 heterocycles. The topological polar surface area (TPSA) is 228 Å². The number of esters is 2. The first-order chi connectivity index (χ1) is 16.5. The van der Waals surface area contributed by atoms with Crippen LogP contribution in [0.4, 0.5) is 5.82 Å². The Bertz CT molecular complexity index is 888. The number of carbonyl (C=O) groups excluding carboxylic acids is 2. The zero-order chi connectivity index (χ0) is 26.4. The molecule has 2 rings (SSSR count). The summed E-state index contributed by atoms with van der Waals surface area (Å²) in [7, 11) is -4.14. The minimum Gasteiger partial charge on any atom is -0.466 e. The fourth-order valence-corrected chi connectivity index (χ4v) is 3.19. The van der Waals surface area contributed by atoms with Crippen molar-refractivity contribution in [3.8, 4) is 0 Å². The molecule has 1 unspecified atom stereocenters. The van der Waals surface area contributed by atoms with Gasteiger partial charge in [-0.3, -0.25) is 18.7 Å².